The van der Waals surface area contributed by atoms with Crippen LogP contribution in [-0.2, 0) is 6.42 Å². The summed E-state index contributed by atoms with van der Waals surface area (Å²) in [4.78, 5) is 0. The average Bonchev–Trinajstić information content (AvgIpc) is 2.35. The van der Waals surface area contributed by atoms with E-state index in [0.29, 0.717) is 12.1 Å². The first-order chi connectivity index (χ1) is 8.56. The van der Waals surface area contributed by atoms with Crippen molar-refractivity contribution in [2.45, 2.75) is 66.0 Å². The Hall–Kier alpha value is -0.820. The lowest BCUT2D eigenvalue weighted by Gasteiger charge is -2.21. The van der Waals surface area contributed by atoms with Gasteiger partial charge in [-0.15, -0.1) is 0 Å². The smallest absolute Gasteiger partial charge is 0.0294 e. The minimum Gasteiger partial charge on any atom is -0.307 e. The molecule has 0 saturated carbocycles. The second-order valence-corrected chi connectivity index (χ2v) is 5.74. The molecule has 0 aromatic heterocycles. The van der Waals surface area contributed by atoms with E-state index in [0.717, 1.165) is 5.92 Å². The monoisotopic (exact) mass is 247 g/mol. The van der Waals surface area contributed by atoms with Crippen LogP contribution >= 0.6 is 0 Å². The van der Waals surface area contributed by atoms with Crippen molar-refractivity contribution in [2.75, 3.05) is 0 Å². The molecule has 0 saturated heterocycles. The number of hydrogen-bond acceptors (Lipinski definition) is 1. The molecule has 0 aliphatic heterocycles. The highest BCUT2D eigenvalue weighted by molar-refractivity contribution is 5.25. The van der Waals surface area contributed by atoms with E-state index in [4.69, 9.17) is 0 Å². The van der Waals surface area contributed by atoms with Crippen LogP contribution in [0.15, 0.2) is 24.3 Å². The maximum absolute atomic E-state index is 3.69. The highest BCUT2D eigenvalue weighted by atomic mass is 14.9. The number of hydrogen-bond donors (Lipinski definition) is 1. The predicted octanol–water partition coefficient (Wildman–Crippen LogP) is 4.72. The van der Waals surface area contributed by atoms with Gasteiger partial charge in [0.25, 0.3) is 0 Å². The number of rotatable bonds is 7. The summed E-state index contributed by atoms with van der Waals surface area (Å²) in [5, 5.41) is 3.69. The van der Waals surface area contributed by atoms with Gasteiger partial charge in [-0.3, -0.25) is 0 Å². The molecule has 1 nitrogen and oxygen atoms in total. The fourth-order valence-electron chi connectivity index (χ4n) is 2.39. The summed E-state index contributed by atoms with van der Waals surface area (Å²) < 4.78 is 0. The Morgan fingerprint density at radius 2 is 1.50 bits per heavy atom. The van der Waals surface area contributed by atoms with E-state index in [9.17, 15) is 0 Å². The fraction of sp³-hybridized carbons (Fsp3) is 0.647. The van der Waals surface area contributed by atoms with Gasteiger partial charge in [0.15, 0.2) is 0 Å². The van der Waals surface area contributed by atoms with E-state index in [1.54, 1.807) is 0 Å². The number of benzene rings is 1. The molecule has 0 spiro atoms. The van der Waals surface area contributed by atoms with E-state index in [-0.39, 0.29) is 0 Å². The van der Waals surface area contributed by atoms with Crippen molar-refractivity contribution in [1.29, 1.82) is 0 Å². The highest BCUT2D eigenvalue weighted by Crippen LogP contribution is 2.17. The Morgan fingerprint density at radius 1 is 0.944 bits per heavy atom. The summed E-state index contributed by atoms with van der Waals surface area (Å²) in [6.07, 6.45) is 3.58. The molecule has 0 amide bonds. The van der Waals surface area contributed by atoms with Crippen molar-refractivity contribution in [2.24, 2.45) is 5.92 Å². The lowest BCUT2D eigenvalue weighted by atomic mass is 9.99. The van der Waals surface area contributed by atoms with Gasteiger partial charge in [-0.1, -0.05) is 52.0 Å². The van der Waals surface area contributed by atoms with Crippen molar-refractivity contribution in [3.8, 4) is 0 Å². The molecule has 1 atom stereocenters. The third kappa shape index (κ3) is 4.81. The van der Waals surface area contributed by atoms with Crippen molar-refractivity contribution in [1.82, 2.24) is 5.32 Å². The van der Waals surface area contributed by atoms with Gasteiger partial charge in [-0.25, -0.2) is 0 Å². The van der Waals surface area contributed by atoms with E-state index in [2.05, 4.69) is 64.2 Å². The van der Waals surface area contributed by atoms with Gasteiger partial charge in [0.1, 0.15) is 0 Å². The van der Waals surface area contributed by atoms with Crippen LogP contribution in [0.4, 0.5) is 0 Å². The summed E-state index contributed by atoms with van der Waals surface area (Å²) in [6.45, 7) is 11.3. The van der Waals surface area contributed by atoms with Crippen LogP contribution in [0.3, 0.4) is 0 Å². The topological polar surface area (TPSA) is 12.0 Å². The van der Waals surface area contributed by atoms with Crippen molar-refractivity contribution in [3.63, 3.8) is 0 Å². The quantitative estimate of drug-likeness (QED) is 0.735. The molecule has 1 heteroatoms. The molecule has 1 unspecified atom stereocenters. The van der Waals surface area contributed by atoms with E-state index < -0.39 is 0 Å². The molecule has 1 N–H and O–H groups in total. The first-order valence-electron chi connectivity index (χ1n) is 7.41. The Balaban J connectivity index is 2.61. The van der Waals surface area contributed by atoms with E-state index >= 15 is 0 Å². The summed E-state index contributed by atoms with van der Waals surface area (Å²) >= 11 is 0. The molecule has 0 fully saturated rings. The largest absolute Gasteiger partial charge is 0.307 e. The molecular formula is C17H29N. The summed E-state index contributed by atoms with van der Waals surface area (Å²) in [7, 11) is 0. The second kappa shape index (κ2) is 7.58. The van der Waals surface area contributed by atoms with Gasteiger partial charge >= 0.3 is 0 Å². The van der Waals surface area contributed by atoms with Crippen LogP contribution in [0.25, 0.3) is 0 Å². The zero-order chi connectivity index (χ0) is 13.5. The zero-order valence-corrected chi connectivity index (χ0v) is 12.7. The van der Waals surface area contributed by atoms with Crippen molar-refractivity contribution in [3.05, 3.63) is 35.4 Å². The van der Waals surface area contributed by atoms with Crippen LogP contribution in [0.1, 0.15) is 64.6 Å². The van der Waals surface area contributed by atoms with Gasteiger partial charge in [-0.2, -0.15) is 0 Å². The number of nitrogens with one attached hydrogen (secondary N) is 1. The molecular weight excluding hydrogens is 218 g/mol. The molecule has 0 bridgehead atoms. The Labute approximate surface area is 113 Å². The fourth-order valence-corrected chi connectivity index (χ4v) is 2.39. The standard InChI is InChI=1S/C17H29N/c1-6-17(7-2)18-14(5)16-10-8-15(9-11-16)12-13(3)4/h8-11,13-14,17-18H,6-7,12H2,1-5H3. The molecule has 1 aromatic rings. The predicted molar refractivity (Wildman–Crippen MR) is 80.9 cm³/mol. The van der Waals surface area contributed by atoms with Gasteiger partial charge in [-0.05, 0) is 43.2 Å². The molecule has 0 radical (unpaired) electrons. The van der Waals surface area contributed by atoms with Crippen LogP contribution in [0.2, 0.25) is 0 Å². The highest BCUT2D eigenvalue weighted by Gasteiger charge is 2.10. The van der Waals surface area contributed by atoms with Crippen molar-refractivity contribution >= 4 is 0 Å². The minimum absolute atomic E-state index is 0.447. The normalized spacial score (nSPS) is 13.3. The molecule has 0 aliphatic carbocycles. The van der Waals surface area contributed by atoms with Gasteiger partial charge in [0.05, 0.1) is 0 Å². The third-order valence-electron chi connectivity index (χ3n) is 3.59. The van der Waals surface area contributed by atoms with Crippen LogP contribution in [0, 0.1) is 5.92 Å². The molecule has 0 aliphatic rings. The molecule has 1 aromatic carbocycles. The van der Waals surface area contributed by atoms with Crippen molar-refractivity contribution < 1.29 is 0 Å². The summed E-state index contributed by atoms with van der Waals surface area (Å²) in [5.74, 6) is 0.732. The molecule has 0 heterocycles. The molecule has 1 rings (SSSR count). The van der Waals surface area contributed by atoms with Gasteiger partial charge < -0.3 is 5.32 Å². The zero-order valence-electron chi connectivity index (χ0n) is 12.7. The SMILES string of the molecule is CCC(CC)NC(C)c1ccc(CC(C)C)cc1. The van der Waals surface area contributed by atoms with Crippen LogP contribution in [0.5, 0.6) is 0 Å². The Kier molecular flexibility index (Phi) is 6.42. The minimum atomic E-state index is 0.447. The first kappa shape index (κ1) is 15.2. The van der Waals surface area contributed by atoms with E-state index in [1.807, 2.05) is 0 Å². The summed E-state index contributed by atoms with van der Waals surface area (Å²) in [5.41, 5.74) is 2.85. The Bertz CT molecular complexity index is 322. The maximum Gasteiger partial charge on any atom is 0.0294 e. The lowest BCUT2D eigenvalue weighted by molar-refractivity contribution is 0.432. The molecule has 102 valence electrons. The molecule has 18 heavy (non-hydrogen) atoms. The Morgan fingerprint density at radius 3 is 1.94 bits per heavy atom. The van der Waals surface area contributed by atoms with Gasteiger partial charge in [0.2, 0.25) is 0 Å². The lowest BCUT2D eigenvalue weighted by Crippen LogP contribution is -2.30. The average molecular weight is 247 g/mol. The second-order valence-electron chi connectivity index (χ2n) is 5.74. The van der Waals surface area contributed by atoms with Crippen LogP contribution in [-0.4, -0.2) is 6.04 Å². The first-order valence-corrected chi connectivity index (χ1v) is 7.41. The maximum atomic E-state index is 3.69. The van der Waals surface area contributed by atoms with Gasteiger partial charge in [0, 0.05) is 12.1 Å². The van der Waals surface area contributed by atoms with E-state index in [1.165, 1.54) is 30.4 Å². The summed E-state index contributed by atoms with van der Waals surface area (Å²) in [6, 6.07) is 10.2. The van der Waals surface area contributed by atoms with Crippen LogP contribution < -0.4 is 5.32 Å². The third-order valence-corrected chi connectivity index (χ3v) is 3.59.